The molecule has 0 radical (unpaired) electrons. The Hall–Kier alpha value is -1.72. The highest BCUT2D eigenvalue weighted by molar-refractivity contribution is 6.01. The third-order valence-corrected chi connectivity index (χ3v) is 3.57. The summed E-state index contributed by atoms with van der Waals surface area (Å²) in [4.78, 5) is 11.9. The Morgan fingerprint density at radius 3 is 2.67 bits per heavy atom. The van der Waals surface area contributed by atoms with E-state index in [1.807, 2.05) is 0 Å². The highest BCUT2D eigenvalue weighted by atomic mass is 19.4. The zero-order valence-corrected chi connectivity index (χ0v) is 9.25. The van der Waals surface area contributed by atoms with Gasteiger partial charge >= 0.3 is 6.18 Å². The second-order valence-electron chi connectivity index (χ2n) is 4.57. The maximum Gasteiger partial charge on any atom is 0.396 e. The number of ether oxygens (including phenoxy) is 1. The van der Waals surface area contributed by atoms with Crippen LogP contribution >= 0.6 is 0 Å². The van der Waals surface area contributed by atoms with Gasteiger partial charge in [-0.15, -0.1) is 0 Å². The van der Waals surface area contributed by atoms with Gasteiger partial charge < -0.3 is 10.1 Å². The molecule has 1 spiro atoms. The van der Waals surface area contributed by atoms with E-state index in [-0.39, 0.29) is 12.8 Å². The van der Waals surface area contributed by atoms with Crippen molar-refractivity contribution in [2.24, 2.45) is 5.92 Å². The smallest absolute Gasteiger partial charge is 0.396 e. The zero-order valence-electron chi connectivity index (χ0n) is 9.25. The molecular weight excluding hydrogens is 247 g/mol. The van der Waals surface area contributed by atoms with Gasteiger partial charge in [0.2, 0.25) is 0 Å². The van der Waals surface area contributed by atoms with E-state index in [9.17, 15) is 18.0 Å². The average Bonchev–Trinajstić information content (AvgIpc) is 2.24. The highest BCUT2D eigenvalue weighted by Gasteiger charge is 2.66. The average molecular weight is 257 g/mol. The van der Waals surface area contributed by atoms with Crippen LogP contribution in [0.2, 0.25) is 0 Å². The molecule has 6 heteroatoms. The van der Waals surface area contributed by atoms with E-state index in [1.165, 1.54) is 0 Å². The summed E-state index contributed by atoms with van der Waals surface area (Å²) < 4.78 is 43.8. The first-order valence-corrected chi connectivity index (χ1v) is 5.60. The summed E-state index contributed by atoms with van der Waals surface area (Å²) in [5, 5.41) is 2.49. The Morgan fingerprint density at radius 2 is 2.06 bits per heavy atom. The van der Waals surface area contributed by atoms with Gasteiger partial charge in [0.1, 0.15) is 11.7 Å². The molecule has 3 rings (SSSR count). The molecule has 1 N–H and O–H groups in total. The number of anilines is 1. The number of carbonyl (C=O) groups is 1. The number of hydrogen-bond acceptors (Lipinski definition) is 2. The molecule has 96 valence electrons. The van der Waals surface area contributed by atoms with Crippen LogP contribution in [0, 0.1) is 5.92 Å². The van der Waals surface area contributed by atoms with Gasteiger partial charge in [0, 0.05) is 0 Å². The molecule has 0 aromatic heterocycles. The summed E-state index contributed by atoms with van der Waals surface area (Å²) in [5.74, 6) is -2.13. The predicted molar refractivity (Wildman–Crippen MR) is 57.2 cm³/mol. The minimum Gasteiger partial charge on any atom is -0.475 e. The van der Waals surface area contributed by atoms with E-state index in [1.54, 1.807) is 24.3 Å². The molecule has 18 heavy (non-hydrogen) atoms. The Bertz CT molecular complexity index is 514. The number of para-hydroxylation sites is 2. The van der Waals surface area contributed by atoms with Gasteiger partial charge in [0.15, 0.2) is 5.60 Å². The predicted octanol–water partition coefficient (Wildman–Crippen LogP) is 2.73. The SMILES string of the molecule is O=C1Nc2ccccc2OC12CCC2C(F)(F)F. The molecule has 2 unspecified atom stereocenters. The molecule has 0 bridgehead atoms. The van der Waals surface area contributed by atoms with Crippen molar-refractivity contribution in [1.29, 1.82) is 0 Å². The summed E-state index contributed by atoms with van der Waals surface area (Å²) in [7, 11) is 0. The van der Waals surface area contributed by atoms with Crippen LogP contribution in [0.4, 0.5) is 18.9 Å². The summed E-state index contributed by atoms with van der Waals surface area (Å²) >= 11 is 0. The van der Waals surface area contributed by atoms with E-state index in [2.05, 4.69) is 5.32 Å². The highest BCUT2D eigenvalue weighted by Crippen LogP contribution is 2.53. The molecule has 1 aromatic rings. The third kappa shape index (κ3) is 1.41. The van der Waals surface area contributed by atoms with Crippen LogP contribution in [0.1, 0.15) is 12.8 Å². The van der Waals surface area contributed by atoms with Crippen LogP contribution < -0.4 is 10.1 Å². The Kier molecular flexibility index (Phi) is 2.15. The lowest BCUT2D eigenvalue weighted by Crippen LogP contribution is -2.65. The number of alkyl halides is 3. The molecule has 1 aliphatic heterocycles. The van der Waals surface area contributed by atoms with Gasteiger partial charge in [0.25, 0.3) is 5.91 Å². The summed E-state index contributed by atoms with van der Waals surface area (Å²) in [6, 6.07) is 6.50. The van der Waals surface area contributed by atoms with Crippen LogP contribution in [0.15, 0.2) is 24.3 Å². The fraction of sp³-hybridized carbons (Fsp3) is 0.417. The Morgan fingerprint density at radius 1 is 1.33 bits per heavy atom. The Labute approximate surface area is 101 Å². The number of hydrogen-bond donors (Lipinski definition) is 1. The van der Waals surface area contributed by atoms with E-state index in [4.69, 9.17) is 4.74 Å². The molecule has 1 amide bonds. The third-order valence-electron chi connectivity index (χ3n) is 3.57. The molecule has 1 aromatic carbocycles. The Balaban J connectivity index is 1.98. The standard InChI is InChI=1S/C12H10F3NO2/c13-12(14,15)9-5-6-11(9)10(17)16-7-3-1-2-4-8(7)18-11/h1-4,9H,5-6H2,(H,16,17). The van der Waals surface area contributed by atoms with Gasteiger partial charge in [-0.25, -0.2) is 0 Å². The largest absolute Gasteiger partial charge is 0.475 e. The van der Waals surface area contributed by atoms with E-state index >= 15 is 0 Å². The fourth-order valence-corrected chi connectivity index (χ4v) is 2.50. The van der Waals surface area contributed by atoms with Crippen LogP contribution in [0.25, 0.3) is 0 Å². The summed E-state index contributed by atoms with van der Waals surface area (Å²) in [6.07, 6.45) is -4.39. The summed E-state index contributed by atoms with van der Waals surface area (Å²) in [6.45, 7) is 0. The number of fused-ring (bicyclic) bond motifs is 1. The van der Waals surface area contributed by atoms with Crippen molar-refractivity contribution in [3.05, 3.63) is 24.3 Å². The molecule has 0 saturated heterocycles. The van der Waals surface area contributed by atoms with E-state index < -0.39 is 23.6 Å². The zero-order chi connectivity index (χ0) is 13.0. The van der Waals surface area contributed by atoms with Gasteiger partial charge in [0.05, 0.1) is 5.69 Å². The molecule has 2 aliphatic rings. The number of amides is 1. The topological polar surface area (TPSA) is 38.3 Å². The number of nitrogens with one attached hydrogen (secondary N) is 1. The van der Waals surface area contributed by atoms with Crippen LogP contribution in [0.3, 0.4) is 0 Å². The first-order chi connectivity index (χ1) is 8.43. The van der Waals surface area contributed by atoms with E-state index in [0.29, 0.717) is 11.4 Å². The van der Waals surface area contributed by atoms with Gasteiger partial charge in [-0.2, -0.15) is 13.2 Å². The van der Waals surface area contributed by atoms with Crippen molar-refractivity contribution in [3.63, 3.8) is 0 Å². The van der Waals surface area contributed by atoms with Gasteiger partial charge in [-0.05, 0) is 25.0 Å². The molecule has 1 fully saturated rings. The van der Waals surface area contributed by atoms with Crippen molar-refractivity contribution < 1.29 is 22.7 Å². The number of benzene rings is 1. The molecule has 3 nitrogen and oxygen atoms in total. The normalized spacial score (nSPS) is 30.2. The molecule has 2 atom stereocenters. The van der Waals surface area contributed by atoms with Crippen LogP contribution in [0.5, 0.6) is 5.75 Å². The maximum absolute atomic E-state index is 12.8. The minimum absolute atomic E-state index is 0.0704. The van der Waals surface area contributed by atoms with Crippen molar-refractivity contribution in [1.82, 2.24) is 0 Å². The lowest BCUT2D eigenvalue weighted by Gasteiger charge is -2.49. The van der Waals surface area contributed by atoms with Crippen molar-refractivity contribution in [3.8, 4) is 5.75 Å². The molecule has 1 saturated carbocycles. The molecule has 1 heterocycles. The lowest BCUT2D eigenvalue weighted by molar-refractivity contribution is -0.250. The molecular formula is C12H10F3NO2. The first kappa shape index (κ1) is 11.4. The van der Waals surface area contributed by atoms with Crippen LogP contribution in [-0.2, 0) is 4.79 Å². The van der Waals surface area contributed by atoms with Gasteiger partial charge in [-0.3, -0.25) is 4.79 Å². The second-order valence-corrected chi connectivity index (χ2v) is 4.57. The second kappa shape index (κ2) is 3.40. The molecule has 1 aliphatic carbocycles. The fourth-order valence-electron chi connectivity index (χ4n) is 2.50. The number of carbonyl (C=O) groups excluding carboxylic acids is 1. The maximum atomic E-state index is 12.8. The lowest BCUT2D eigenvalue weighted by atomic mass is 9.67. The monoisotopic (exact) mass is 257 g/mol. The quantitative estimate of drug-likeness (QED) is 0.776. The van der Waals surface area contributed by atoms with Crippen molar-refractivity contribution in [2.75, 3.05) is 5.32 Å². The summed E-state index contributed by atoms with van der Waals surface area (Å²) in [5.41, 5.74) is -1.35. The van der Waals surface area contributed by atoms with Crippen molar-refractivity contribution in [2.45, 2.75) is 24.6 Å². The van der Waals surface area contributed by atoms with Crippen LogP contribution in [-0.4, -0.2) is 17.7 Å². The van der Waals surface area contributed by atoms with Crippen molar-refractivity contribution >= 4 is 11.6 Å². The first-order valence-electron chi connectivity index (χ1n) is 5.60. The minimum atomic E-state index is -4.41. The number of rotatable bonds is 0. The van der Waals surface area contributed by atoms with Gasteiger partial charge in [-0.1, -0.05) is 12.1 Å². The number of halogens is 3. The van der Waals surface area contributed by atoms with E-state index in [0.717, 1.165) is 0 Å².